The van der Waals surface area contributed by atoms with Crippen LogP contribution in [0.1, 0.15) is 27.7 Å². The molecule has 0 spiro atoms. The highest BCUT2D eigenvalue weighted by Crippen LogP contribution is 2.00. The molecule has 0 rings (SSSR count). The first-order valence-electron chi connectivity index (χ1n) is 7.37. The molecule has 0 aromatic carbocycles. The zero-order valence-electron chi connectivity index (χ0n) is 13.7. The number of rotatable bonds is 11. The monoisotopic (exact) mass is 310 g/mol. The highest BCUT2D eigenvalue weighted by molar-refractivity contribution is 4.70. The van der Waals surface area contributed by atoms with E-state index in [2.05, 4.69) is 0 Å². The second-order valence-electron chi connectivity index (χ2n) is 5.92. The number of aliphatic hydroxyl groups excluding tert-OH is 4. The highest BCUT2D eigenvalue weighted by atomic mass is 16.3. The second-order valence-corrected chi connectivity index (χ2v) is 5.92. The summed E-state index contributed by atoms with van der Waals surface area (Å²) in [5, 5.41) is 37.9. The molecule has 0 aliphatic heterocycles. The Bertz CT molecular complexity index is 193. The molecule has 0 saturated heterocycles. The summed E-state index contributed by atoms with van der Waals surface area (Å²) in [6.45, 7) is 10.2. The minimum atomic E-state index is -0.448. The summed E-state index contributed by atoms with van der Waals surface area (Å²) in [6, 6.07) is 0. The maximum absolute atomic E-state index is 9.47. The molecule has 130 valence electrons. The molecule has 0 aliphatic carbocycles. The fraction of sp³-hybridized carbons (Fsp3) is 1.00. The minimum absolute atomic E-state index is 0. The summed E-state index contributed by atoms with van der Waals surface area (Å²) in [6.07, 6.45) is -1.79. The van der Waals surface area contributed by atoms with E-state index < -0.39 is 24.4 Å². The van der Waals surface area contributed by atoms with Crippen molar-refractivity contribution in [1.82, 2.24) is 9.80 Å². The van der Waals surface area contributed by atoms with Crippen LogP contribution in [-0.2, 0) is 0 Å². The number of hydrogen-bond acceptors (Lipinski definition) is 6. The lowest BCUT2D eigenvalue weighted by molar-refractivity contribution is 0.0542. The normalized spacial score (nSPS) is 17.4. The lowest BCUT2D eigenvalue weighted by Gasteiger charge is -2.30. The average molecular weight is 310 g/mol. The molecule has 0 fully saturated rings. The topological polar surface area (TPSA) is 119 Å². The maximum Gasteiger partial charge on any atom is 0.0639 e. The fourth-order valence-corrected chi connectivity index (χ4v) is 2.29. The van der Waals surface area contributed by atoms with Gasteiger partial charge in [-0.1, -0.05) is 0 Å². The smallest absolute Gasteiger partial charge is 0.0639 e. The van der Waals surface area contributed by atoms with E-state index in [0.29, 0.717) is 39.3 Å². The molecule has 7 heteroatoms. The van der Waals surface area contributed by atoms with Crippen molar-refractivity contribution in [2.24, 2.45) is 0 Å². The molecule has 0 radical (unpaired) electrons. The van der Waals surface area contributed by atoms with Crippen LogP contribution in [0.2, 0.25) is 0 Å². The fourth-order valence-electron chi connectivity index (χ4n) is 2.29. The van der Waals surface area contributed by atoms with Crippen LogP contribution < -0.4 is 0 Å². The molecular weight excluding hydrogens is 276 g/mol. The van der Waals surface area contributed by atoms with Crippen LogP contribution in [0.4, 0.5) is 0 Å². The highest BCUT2D eigenvalue weighted by Gasteiger charge is 2.15. The van der Waals surface area contributed by atoms with Crippen molar-refractivity contribution in [1.29, 1.82) is 0 Å². The van der Waals surface area contributed by atoms with Gasteiger partial charge in [-0.25, -0.2) is 0 Å². The van der Waals surface area contributed by atoms with E-state index >= 15 is 0 Å². The summed E-state index contributed by atoms with van der Waals surface area (Å²) in [5.41, 5.74) is 0. The standard InChI is InChI=1S/C14H32N2O4.H2O/c1-11(17)7-15(8-12(2)18)5-6-16(9-13(3)19)10-14(4)20;/h11-14,17-20H,5-10H2,1-4H3;1H2. The maximum atomic E-state index is 9.47. The number of hydrogen-bond donors (Lipinski definition) is 4. The van der Waals surface area contributed by atoms with Crippen molar-refractivity contribution < 1.29 is 25.9 Å². The summed E-state index contributed by atoms with van der Waals surface area (Å²) in [4.78, 5) is 3.98. The van der Waals surface area contributed by atoms with E-state index in [1.807, 2.05) is 9.80 Å². The molecular formula is C14H34N2O5. The molecule has 6 N–H and O–H groups in total. The molecule has 0 aromatic heterocycles. The van der Waals surface area contributed by atoms with Crippen molar-refractivity contribution in [3.63, 3.8) is 0 Å². The van der Waals surface area contributed by atoms with E-state index in [0.717, 1.165) is 0 Å². The van der Waals surface area contributed by atoms with Gasteiger partial charge in [-0.2, -0.15) is 0 Å². The van der Waals surface area contributed by atoms with Crippen LogP contribution in [0.15, 0.2) is 0 Å². The van der Waals surface area contributed by atoms with Crippen molar-refractivity contribution in [2.45, 2.75) is 52.1 Å². The first-order valence-corrected chi connectivity index (χ1v) is 7.37. The van der Waals surface area contributed by atoms with Crippen molar-refractivity contribution >= 4 is 0 Å². The van der Waals surface area contributed by atoms with E-state index in [1.165, 1.54) is 0 Å². The van der Waals surface area contributed by atoms with Gasteiger partial charge in [0, 0.05) is 39.3 Å². The Morgan fingerprint density at radius 2 is 0.762 bits per heavy atom. The van der Waals surface area contributed by atoms with E-state index in [1.54, 1.807) is 27.7 Å². The Morgan fingerprint density at radius 3 is 0.905 bits per heavy atom. The van der Waals surface area contributed by atoms with Gasteiger partial charge in [0.25, 0.3) is 0 Å². The molecule has 0 aromatic rings. The van der Waals surface area contributed by atoms with Crippen LogP contribution in [0.3, 0.4) is 0 Å². The zero-order valence-corrected chi connectivity index (χ0v) is 13.7. The van der Waals surface area contributed by atoms with Crippen molar-refractivity contribution in [3.05, 3.63) is 0 Å². The first kappa shape index (κ1) is 23.0. The molecule has 4 unspecified atom stereocenters. The van der Waals surface area contributed by atoms with Gasteiger partial charge in [-0.3, -0.25) is 9.80 Å². The van der Waals surface area contributed by atoms with E-state index in [-0.39, 0.29) is 5.48 Å². The minimum Gasteiger partial charge on any atom is -0.412 e. The third kappa shape index (κ3) is 14.4. The van der Waals surface area contributed by atoms with Gasteiger partial charge in [0.2, 0.25) is 0 Å². The molecule has 7 nitrogen and oxygen atoms in total. The van der Waals surface area contributed by atoms with Crippen LogP contribution in [-0.4, -0.2) is 99.4 Å². The summed E-state index contributed by atoms with van der Waals surface area (Å²) in [7, 11) is 0. The second kappa shape index (κ2) is 12.3. The molecule has 0 bridgehead atoms. The summed E-state index contributed by atoms with van der Waals surface area (Å²) >= 11 is 0. The molecule has 0 aliphatic rings. The predicted octanol–water partition coefficient (Wildman–Crippen LogP) is -1.71. The Hall–Kier alpha value is -0.280. The van der Waals surface area contributed by atoms with Crippen LogP contribution >= 0.6 is 0 Å². The Morgan fingerprint density at radius 1 is 0.571 bits per heavy atom. The van der Waals surface area contributed by atoms with Gasteiger partial charge in [0.15, 0.2) is 0 Å². The molecule has 0 saturated carbocycles. The van der Waals surface area contributed by atoms with E-state index in [4.69, 9.17) is 0 Å². The Kier molecular flexibility index (Phi) is 13.4. The van der Waals surface area contributed by atoms with Gasteiger partial charge in [-0.15, -0.1) is 0 Å². The summed E-state index contributed by atoms with van der Waals surface area (Å²) < 4.78 is 0. The van der Waals surface area contributed by atoms with Crippen molar-refractivity contribution in [2.75, 3.05) is 39.3 Å². The molecule has 0 heterocycles. The number of nitrogens with zero attached hydrogens (tertiary/aromatic N) is 2. The zero-order chi connectivity index (χ0) is 15.7. The van der Waals surface area contributed by atoms with E-state index in [9.17, 15) is 20.4 Å². The van der Waals surface area contributed by atoms with Crippen LogP contribution in [0.5, 0.6) is 0 Å². The third-order valence-corrected chi connectivity index (χ3v) is 2.82. The number of aliphatic hydroxyl groups is 4. The first-order chi connectivity index (χ1) is 9.20. The Balaban J connectivity index is 0. The predicted molar refractivity (Wildman–Crippen MR) is 83.2 cm³/mol. The average Bonchev–Trinajstić information content (AvgIpc) is 2.22. The Labute approximate surface area is 128 Å². The van der Waals surface area contributed by atoms with Gasteiger partial charge in [-0.05, 0) is 27.7 Å². The lowest BCUT2D eigenvalue weighted by atomic mass is 10.2. The van der Waals surface area contributed by atoms with Gasteiger partial charge in [0.1, 0.15) is 0 Å². The summed E-state index contributed by atoms with van der Waals surface area (Å²) in [5.74, 6) is 0. The van der Waals surface area contributed by atoms with Gasteiger partial charge >= 0.3 is 0 Å². The third-order valence-electron chi connectivity index (χ3n) is 2.82. The van der Waals surface area contributed by atoms with Gasteiger partial charge < -0.3 is 25.9 Å². The lowest BCUT2D eigenvalue weighted by Crippen LogP contribution is -2.44. The van der Waals surface area contributed by atoms with Gasteiger partial charge in [0.05, 0.1) is 24.4 Å². The largest absolute Gasteiger partial charge is 0.412 e. The van der Waals surface area contributed by atoms with Crippen molar-refractivity contribution in [3.8, 4) is 0 Å². The molecule has 4 atom stereocenters. The molecule has 0 amide bonds. The molecule has 21 heavy (non-hydrogen) atoms. The van der Waals surface area contributed by atoms with Crippen LogP contribution in [0, 0.1) is 0 Å². The van der Waals surface area contributed by atoms with Crippen LogP contribution in [0.25, 0.3) is 0 Å². The SMILES string of the molecule is CC(O)CN(CCN(CC(C)O)CC(C)O)CC(C)O.O. The quantitative estimate of drug-likeness (QED) is 0.361.